The largest absolute Gasteiger partial charge is 0.461 e. The molecule has 8 amide bonds. The van der Waals surface area contributed by atoms with Gasteiger partial charge in [0.05, 0.1) is 54.5 Å². The third kappa shape index (κ3) is 23.7. The van der Waals surface area contributed by atoms with Crippen molar-refractivity contribution in [3.05, 3.63) is 29.6 Å². The summed E-state index contributed by atoms with van der Waals surface area (Å²) in [5, 5.41) is 15.5. The van der Waals surface area contributed by atoms with Gasteiger partial charge in [-0.2, -0.15) is 0 Å². The molecule has 1 aromatic carbocycles. The summed E-state index contributed by atoms with van der Waals surface area (Å²) in [4.78, 5) is 196. The van der Waals surface area contributed by atoms with E-state index < -0.39 is 167 Å². The molecule has 0 bridgehead atoms. The monoisotopic (exact) mass is 1430 g/mol. The van der Waals surface area contributed by atoms with E-state index in [1.165, 1.54) is 85.7 Å². The van der Waals surface area contributed by atoms with E-state index in [2.05, 4.69) is 15.2 Å². The Morgan fingerprint density at radius 3 is 1.62 bits per heavy atom. The number of benzene rings is 1. The minimum Gasteiger partial charge on any atom is -0.461 e. The molecule has 2 aromatic rings. The number of aliphatic hydroxyl groups is 1. The highest BCUT2D eigenvalue weighted by atomic mass is 16.5. The second-order valence-corrected chi connectivity index (χ2v) is 31.4. The fraction of sp³-hybridized carbons (Fsp3) is 0.750. The number of imidazole rings is 1. The van der Waals surface area contributed by atoms with E-state index in [1.807, 2.05) is 55.4 Å². The molecule has 0 spiro atoms. The lowest BCUT2D eigenvalue weighted by Crippen LogP contribution is -2.62. The maximum Gasteiger partial charge on any atom is 0.338 e. The van der Waals surface area contributed by atoms with Gasteiger partial charge in [-0.15, -0.1) is 0 Å². The van der Waals surface area contributed by atoms with E-state index in [-0.39, 0.29) is 87.2 Å². The first-order chi connectivity index (χ1) is 47.6. The van der Waals surface area contributed by atoms with E-state index in [0.717, 1.165) is 18.0 Å². The van der Waals surface area contributed by atoms with E-state index in [0.29, 0.717) is 36.6 Å². The average Bonchev–Trinajstić information content (AvgIpc) is 1.18. The number of aliphatic hydroxyl groups excluding tert-OH is 1. The zero-order valence-corrected chi connectivity index (χ0v) is 65.6. The third-order valence-corrected chi connectivity index (χ3v) is 20.3. The number of nitrogens with zero attached hydrogens (tertiary/aromatic N) is 9. The van der Waals surface area contributed by atoms with Gasteiger partial charge in [0.15, 0.2) is 17.3 Å². The van der Waals surface area contributed by atoms with Gasteiger partial charge in [-0.3, -0.25) is 57.6 Å². The molecule has 0 unspecified atom stereocenters. The van der Waals surface area contributed by atoms with Gasteiger partial charge in [-0.1, -0.05) is 104 Å². The van der Waals surface area contributed by atoms with Crippen molar-refractivity contribution in [2.24, 2.45) is 59.2 Å². The molecule has 12 atom stereocenters. The molecule has 2 saturated heterocycles. The molecule has 102 heavy (non-hydrogen) atoms. The Hall–Kier alpha value is -7.19. The molecule has 26 heteroatoms. The first kappa shape index (κ1) is 87.2. The van der Waals surface area contributed by atoms with E-state index >= 15 is 19.2 Å². The molecule has 3 N–H and O–H groups in total. The third-order valence-electron chi connectivity index (χ3n) is 20.3. The highest BCUT2D eigenvalue weighted by Crippen LogP contribution is 2.30. The summed E-state index contributed by atoms with van der Waals surface area (Å²) < 4.78 is 11.0. The van der Waals surface area contributed by atoms with Crippen LogP contribution in [0.5, 0.6) is 0 Å². The first-order valence-electron chi connectivity index (χ1n) is 36.9. The molecule has 1 aromatic heterocycles. The van der Waals surface area contributed by atoms with Gasteiger partial charge >= 0.3 is 5.97 Å². The standard InChI is InChI=1S/C76H125N11O15/c1-24-52-40-63(90)67(68(92)49(14)38-64-78-55-26-25-53(39-56(55)79-64)76(100)102-32-29-87-27-30-101-31-28-87)86(23)75(99)66(48(12)13)85(22)74(98)60(36-46(8)9)84(21)73(97)59(35-45(6)7)83(20)70(94)51(16)77-69(93)50(15)37-61(88)58(34-44(4)5)82(19)72(96)54(47(10)11)41-62(89)57(33-43(2)3)81(18)65(91)42-80(17)71(52)95/h25-26,39,43-52,54,57-60,66-68,92H,24,27-38,40-42H2,1-23H3,(H,77,93)(H,78,79)/t49-,50-,51-,52-,54+,57+,58+,59+,60+,66+,67-,68-/m1/s1. The highest BCUT2D eigenvalue weighted by Gasteiger charge is 2.46. The Kier molecular flexibility index (Phi) is 33.9. The number of rotatable bonds is 19. The molecule has 3 heterocycles. The number of amides is 8. The summed E-state index contributed by atoms with van der Waals surface area (Å²) >= 11 is 0. The Morgan fingerprint density at radius 1 is 0.588 bits per heavy atom. The number of nitrogens with one attached hydrogen (secondary N) is 2. The number of hydrogen-bond acceptors (Lipinski definition) is 17. The number of morpholine rings is 1. The zero-order chi connectivity index (χ0) is 77.2. The summed E-state index contributed by atoms with van der Waals surface area (Å²) in [6.45, 7) is 31.5. The van der Waals surface area contributed by atoms with Crippen LogP contribution >= 0.6 is 0 Å². The van der Waals surface area contributed by atoms with E-state index in [4.69, 9.17) is 14.5 Å². The Morgan fingerprint density at radius 2 is 1.09 bits per heavy atom. The number of esters is 1. The van der Waals surface area contributed by atoms with Gasteiger partial charge in [-0.25, -0.2) is 9.78 Å². The molecule has 26 nitrogen and oxygen atoms in total. The van der Waals surface area contributed by atoms with Gasteiger partial charge in [0, 0.05) is 112 Å². The number of fused-ring (bicyclic) bond motifs is 1. The molecule has 2 fully saturated rings. The smallest absolute Gasteiger partial charge is 0.338 e. The number of likely N-dealkylation sites (N-methyl/N-ethyl adjacent to an activating group) is 7. The summed E-state index contributed by atoms with van der Waals surface area (Å²) in [5.41, 5.74) is 1.30. The zero-order valence-electron chi connectivity index (χ0n) is 65.6. The van der Waals surface area contributed by atoms with Crippen molar-refractivity contribution in [3.63, 3.8) is 0 Å². The van der Waals surface area contributed by atoms with Gasteiger partial charge in [0.1, 0.15) is 42.6 Å². The molecule has 0 saturated carbocycles. The second kappa shape index (κ2) is 39.6. The number of ether oxygens (including phenoxy) is 2. The number of ketones is 3. The van der Waals surface area contributed by atoms with Crippen molar-refractivity contribution in [1.82, 2.24) is 54.5 Å². The van der Waals surface area contributed by atoms with Gasteiger partial charge in [0.25, 0.3) is 0 Å². The Bertz CT molecular complexity index is 3210. The van der Waals surface area contributed by atoms with Gasteiger partial charge < -0.3 is 59.2 Å². The topological polar surface area (TPSA) is 310 Å². The molecule has 0 aliphatic carbocycles. The quantitative estimate of drug-likeness (QED) is 0.132. The fourth-order valence-electron chi connectivity index (χ4n) is 13.9. The SMILES string of the molecule is CC[C@@H]1CC(=O)[C@H]([C@H](O)[C@H](C)Cc2nc3ccc(C(=O)OCCN4CCOCC4)cc3[nH]2)N(C)C(=O)[C@H](C(C)C)N(C)C(=O)[C@H](CC(C)C)N(C)C(=O)[C@H](CC(C)C)N(C)C(=O)[C@@H](C)NC(=O)[C@H](C)CC(=O)[C@H](CC(C)C)N(C)C(=O)[C@H](C(C)C)CC(=O)[C@H](CC(C)C)N(C)C(=O)CN(C)C1=O. The van der Waals surface area contributed by atoms with Crippen LogP contribution in [-0.2, 0) is 68.6 Å². The van der Waals surface area contributed by atoms with Crippen LogP contribution in [-0.4, -0.2) is 269 Å². The maximum atomic E-state index is 15.6. The second-order valence-electron chi connectivity index (χ2n) is 31.4. The molecular weight excluding hydrogens is 1310 g/mol. The number of carbonyl (C=O) groups is 12. The normalized spacial score (nSPS) is 25.6. The summed E-state index contributed by atoms with van der Waals surface area (Å²) in [6.07, 6.45) is -1.91. The predicted molar refractivity (Wildman–Crippen MR) is 390 cm³/mol. The minimum atomic E-state index is -1.65. The van der Waals surface area contributed by atoms with Gasteiger partial charge in [-0.05, 0) is 98.7 Å². The Balaban J connectivity index is 1.88. The van der Waals surface area contributed by atoms with Crippen LogP contribution in [0.4, 0.5) is 0 Å². The van der Waals surface area contributed by atoms with Crippen molar-refractivity contribution in [2.75, 3.05) is 95.3 Å². The lowest BCUT2D eigenvalue weighted by atomic mass is 9.84. The molecular formula is C76H125N11O15. The summed E-state index contributed by atoms with van der Waals surface area (Å²) in [5.74, 6) is -12.0. The number of carbonyl (C=O) groups excluding carboxylic acids is 12. The molecule has 0 radical (unpaired) electrons. The molecule has 2 aliphatic heterocycles. The van der Waals surface area contributed by atoms with Crippen LogP contribution in [0.3, 0.4) is 0 Å². The summed E-state index contributed by atoms with van der Waals surface area (Å²) in [6, 6.07) is -3.65. The number of aromatic amines is 1. The Labute approximate surface area is 606 Å². The van der Waals surface area contributed by atoms with E-state index in [9.17, 15) is 43.5 Å². The van der Waals surface area contributed by atoms with Crippen molar-refractivity contribution in [2.45, 2.75) is 217 Å². The van der Waals surface area contributed by atoms with Crippen molar-refractivity contribution < 1.29 is 72.1 Å². The van der Waals surface area contributed by atoms with E-state index in [1.54, 1.807) is 66.7 Å². The van der Waals surface area contributed by atoms with Crippen molar-refractivity contribution in [1.29, 1.82) is 0 Å². The van der Waals surface area contributed by atoms with Gasteiger partial charge in [0.2, 0.25) is 47.3 Å². The molecule has 574 valence electrons. The van der Waals surface area contributed by atoms with Crippen LogP contribution in [0.25, 0.3) is 11.0 Å². The lowest BCUT2D eigenvalue weighted by Gasteiger charge is -2.41. The predicted octanol–water partition coefficient (Wildman–Crippen LogP) is 6.18. The number of hydrogen-bond donors (Lipinski definition) is 3. The first-order valence-corrected chi connectivity index (χ1v) is 36.9. The van der Waals surface area contributed by atoms with Crippen LogP contribution in [0.15, 0.2) is 18.2 Å². The number of H-pyrrole nitrogens is 1. The number of Topliss-reactive ketones (excluding diaryl/α,β-unsaturated/α-hetero) is 3. The van der Waals surface area contributed by atoms with Crippen LogP contribution in [0, 0.1) is 59.2 Å². The fourth-order valence-corrected chi connectivity index (χ4v) is 13.9. The maximum absolute atomic E-state index is 15.6. The van der Waals surface area contributed by atoms with Crippen molar-refractivity contribution in [3.8, 4) is 0 Å². The van der Waals surface area contributed by atoms with Crippen LogP contribution < -0.4 is 5.32 Å². The van der Waals surface area contributed by atoms with Crippen molar-refractivity contribution >= 4 is 81.6 Å². The lowest BCUT2D eigenvalue weighted by molar-refractivity contribution is -0.157. The molecule has 4 rings (SSSR count). The van der Waals surface area contributed by atoms with Crippen LogP contribution in [0.2, 0.25) is 0 Å². The number of aromatic nitrogens is 2. The van der Waals surface area contributed by atoms with Crippen LogP contribution in [0.1, 0.15) is 178 Å². The molecule has 2 aliphatic rings. The minimum absolute atomic E-state index is 0.0234. The highest BCUT2D eigenvalue weighted by molar-refractivity contribution is 6.00. The summed E-state index contributed by atoms with van der Waals surface area (Å²) in [7, 11) is 10.1. The average molecular weight is 1430 g/mol.